The lowest BCUT2D eigenvalue weighted by Crippen LogP contribution is -2.07. The number of nitrogens with zero attached hydrogens (tertiary/aromatic N) is 2. The lowest BCUT2D eigenvalue weighted by atomic mass is 10.0. The number of alkyl halides is 3. The second-order valence-corrected chi connectivity index (χ2v) is 7.08. The fourth-order valence-electron chi connectivity index (χ4n) is 3.38. The molecule has 0 saturated heterocycles. The third-order valence-corrected chi connectivity index (χ3v) is 4.99. The maximum Gasteiger partial charge on any atom is 0.418 e. The molecule has 0 spiro atoms. The van der Waals surface area contributed by atoms with E-state index in [9.17, 15) is 13.2 Å². The number of benzene rings is 3. The predicted octanol–water partition coefficient (Wildman–Crippen LogP) is 6.73. The normalized spacial score (nSPS) is 11.9. The predicted molar refractivity (Wildman–Crippen MR) is 105 cm³/mol. The van der Waals surface area contributed by atoms with Gasteiger partial charge < -0.3 is 0 Å². The van der Waals surface area contributed by atoms with Crippen molar-refractivity contribution in [3.63, 3.8) is 0 Å². The first-order valence-electron chi connectivity index (χ1n) is 8.72. The molecule has 4 rings (SSSR count). The highest BCUT2D eigenvalue weighted by molar-refractivity contribution is 6.30. The summed E-state index contributed by atoms with van der Waals surface area (Å²) < 4.78 is 42.3. The molecule has 2 nitrogen and oxygen atoms in total. The van der Waals surface area contributed by atoms with E-state index in [1.807, 2.05) is 37.3 Å². The summed E-state index contributed by atoms with van der Waals surface area (Å²) in [6, 6.07) is 19.0. The summed E-state index contributed by atoms with van der Waals surface area (Å²) in [6.07, 6.45) is -4.48. The van der Waals surface area contributed by atoms with Crippen LogP contribution in [-0.4, -0.2) is 9.78 Å². The second kappa shape index (κ2) is 6.99. The molecule has 0 unspecified atom stereocenters. The van der Waals surface area contributed by atoms with Crippen LogP contribution in [0.25, 0.3) is 22.2 Å². The lowest BCUT2D eigenvalue weighted by molar-refractivity contribution is -0.136. The molecule has 3 aromatic carbocycles. The van der Waals surface area contributed by atoms with Crippen LogP contribution >= 0.6 is 11.6 Å². The van der Waals surface area contributed by atoms with E-state index in [0.717, 1.165) is 22.8 Å². The Morgan fingerprint density at radius 1 is 0.964 bits per heavy atom. The number of halogens is 4. The zero-order valence-electron chi connectivity index (χ0n) is 15.0. The van der Waals surface area contributed by atoms with E-state index < -0.39 is 11.7 Å². The van der Waals surface area contributed by atoms with Gasteiger partial charge in [-0.25, -0.2) is 0 Å². The first-order valence-corrected chi connectivity index (χ1v) is 9.09. The topological polar surface area (TPSA) is 17.8 Å². The highest BCUT2D eigenvalue weighted by Crippen LogP contribution is 2.38. The van der Waals surface area contributed by atoms with Gasteiger partial charge in [0.1, 0.15) is 5.52 Å². The van der Waals surface area contributed by atoms with Crippen LogP contribution in [0.1, 0.15) is 16.7 Å². The molecule has 28 heavy (non-hydrogen) atoms. The zero-order valence-corrected chi connectivity index (χ0v) is 15.7. The molecule has 0 aliphatic rings. The van der Waals surface area contributed by atoms with Crippen molar-refractivity contribution >= 4 is 22.5 Å². The van der Waals surface area contributed by atoms with Gasteiger partial charge in [0.25, 0.3) is 0 Å². The molecule has 0 bridgehead atoms. The number of hydrogen-bond acceptors (Lipinski definition) is 1. The van der Waals surface area contributed by atoms with Crippen molar-refractivity contribution in [2.45, 2.75) is 19.6 Å². The summed E-state index contributed by atoms with van der Waals surface area (Å²) in [5, 5.41) is 5.34. The molecule has 1 heterocycles. The van der Waals surface area contributed by atoms with Crippen LogP contribution in [0.3, 0.4) is 0 Å². The molecule has 0 saturated carbocycles. The average molecular weight is 401 g/mol. The van der Waals surface area contributed by atoms with Crippen molar-refractivity contribution in [3.05, 3.63) is 88.4 Å². The number of aromatic nitrogens is 2. The minimum atomic E-state index is -4.48. The van der Waals surface area contributed by atoms with Crippen molar-refractivity contribution in [3.8, 4) is 11.3 Å². The lowest BCUT2D eigenvalue weighted by Gasteiger charge is -2.10. The minimum absolute atomic E-state index is 0.0569. The van der Waals surface area contributed by atoms with E-state index in [1.54, 1.807) is 28.9 Å². The largest absolute Gasteiger partial charge is 0.418 e. The van der Waals surface area contributed by atoms with Crippen molar-refractivity contribution < 1.29 is 13.2 Å². The van der Waals surface area contributed by atoms with Gasteiger partial charge >= 0.3 is 6.18 Å². The summed E-state index contributed by atoms with van der Waals surface area (Å²) in [4.78, 5) is 0. The molecule has 0 fully saturated rings. The molecular weight excluding hydrogens is 385 g/mol. The van der Waals surface area contributed by atoms with Gasteiger partial charge in [-0.05, 0) is 36.2 Å². The highest BCUT2D eigenvalue weighted by Gasteiger charge is 2.34. The van der Waals surface area contributed by atoms with Gasteiger partial charge in [0.2, 0.25) is 0 Å². The van der Waals surface area contributed by atoms with Crippen LogP contribution in [-0.2, 0) is 12.7 Å². The van der Waals surface area contributed by atoms with Crippen molar-refractivity contribution in [1.82, 2.24) is 9.78 Å². The molecular formula is C22H16ClF3N2. The minimum Gasteiger partial charge on any atom is -0.259 e. The third-order valence-electron chi connectivity index (χ3n) is 4.75. The maximum absolute atomic E-state index is 13.5. The van der Waals surface area contributed by atoms with Gasteiger partial charge in [-0.1, -0.05) is 60.1 Å². The molecule has 1 aromatic heterocycles. The molecule has 0 atom stereocenters. The Morgan fingerprint density at radius 2 is 1.71 bits per heavy atom. The van der Waals surface area contributed by atoms with Crippen LogP contribution < -0.4 is 0 Å². The first-order chi connectivity index (χ1) is 13.3. The molecule has 4 aromatic rings. The van der Waals surface area contributed by atoms with Crippen LogP contribution in [0.2, 0.25) is 5.02 Å². The quantitative estimate of drug-likeness (QED) is 0.372. The number of aryl methyl sites for hydroxylation is 1. The van der Waals surface area contributed by atoms with E-state index in [2.05, 4.69) is 5.10 Å². The molecule has 0 aliphatic carbocycles. The Balaban J connectivity index is 1.99. The Labute approximate surface area is 165 Å². The number of hydrogen-bond donors (Lipinski definition) is 0. The molecule has 0 amide bonds. The molecule has 0 radical (unpaired) electrons. The number of fused-ring (bicyclic) bond motifs is 1. The number of rotatable bonds is 3. The van der Waals surface area contributed by atoms with Gasteiger partial charge in [0.05, 0.1) is 17.8 Å². The highest BCUT2D eigenvalue weighted by atomic mass is 35.5. The summed E-state index contributed by atoms with van der Waals surface area (Å²) in [5.41, 5.74) is 2.59. The average Bonchev–Trinajstić information content (AvgIpc) is 3.00. The third kappa shape index (κ3) is 3.38. The first kappa shape index (κ1) is 18.6. The van der Waals surface area contributed by atoms with Crippen LogP contribution in [0.5, 0.6) is 0 Å². The van der Waals surface area contributed by atoms with Crippen LogP contribution in [0.15, 0.2) is 66.7 Å². The van der Waals surface area contributed by atoms with E-state index in [-0.39, 0.29) is 5.52 Å². The summed E-state index contributed by atoms with van der Waals surface area (Å²) >= 11 is 6.14. The van der Waals surface area contributed by atoms with Gasteiger partial charge in [-0.2, -0.15) is 18.3 Å². The van der Waals surface area contributed by atoms with Gasteiger partial charge in [-0.3, -0.25) is 4.68 Å². The van der Waals surface area contributed by atoms with Crippen molar-refractivity contribution in [1.29, 1.82) is 0 Å². The molecule has 0 aliphatic heterocycles. The van der Waals surface area contributed by atoms with Crippen LogP contribution in [0, 0.1) is 6.92 Å². The molecule has 6 heteroatoms. The summed E-state index contributed by atoms with van der Waals surface area (Å²) in [6.45, 7) is 2.33. The van der Waals surface area contributed by atoms with Crippen molar-refractivity contribution in [2.75, 3.05) is 0 Å². The Morgan fingerprint density at radius 3 is 2.43 bits per heavy atom. The van der Waals surface area contributed by atoms with E-state index >= 15 is 0 Å². The fraction of sp³-hybridized carbons (Fsp3) is 0.136. The Hall–Kier alpha value is -2.79. The van der Waals surface area contributed by atoms with Crippen LogP contribution in [0.4, 0.5) is 13.2 Å². The molecule has 0 N–H and O–H groups in total. The SMILES string of the molecule is Cc1ccccc1Cn1nc2c(C(F)(F)F)cccc2c1-c1cccc(Cl)c1. The van der Waals surface area contributed by atoms with E-state index in [0.29, 0.717) is 22.6 Å². The van der Waals surface area contributed by atoms with Gasteiger partial charge in [0, 0.05) is 16.0 Å². The van der Waals surface area contributed by atoms with Gasteiger partial charge in [-0.15, -0.1) is 0 Å². The molecule has 142 valence electrons. The van der Waals surface area contributed by atoms with Crippen molar-refractivity contribution in [2.24, 2.45) is 0 Å². The Kier molecular flexibility index (Phi) is 4.63. The fourth-order valence-corrected chi connectivity index (χ4v) is 3.57. The van der Waals surface area contributed by atoms with E-state index in [4.69, 9.17) is 11.6 Å². The second-order valence-electron chi connectivity index (χ2n) is 6.64. The zero-order chi connectivity index (χ0) is 19.9. The summed E-state index contributed by atoms with van der Waals surface area (Å²) in [7, 11) is 0. The van der Waals surface area contributed by atoms with Gasteiger partial charge in [0.15, 0.2) is 0 Å². The monoisotopic (exact) mass is 400 g/mol. The van der Waals surface area contributed by atoms with E-state index in [1.165, 1.54) is 6.07 Å². The Bertz CT molecular complexity index is 1160. The summed E-state index contributed by atoms with van der Waals surface area (Å²) in [5.74, 6) is 0. The smallest absolute Gasteiger partial charge is 0.259 e. The standard InChI is InChI=1S/C22H16ClF3N2/c1-14-6-2-3-7-16(14)13-28-21(15-8-4-9-17(23)12-15)18-10-5-11-19(20(18)27-28)22(24,25)26/h2-12H,13H2,1H3. The maximum atomic E-state index is 13.5.